The number of nitrogens with one attached hydrogen (secondary N) is 1. The zero-order valence-electron chi connectivity index (χ0n) is 9.49. The minimum atomic E-state index is 0.703. The number of thioether (sulfide) groups is 1. The van der Waals surface area contributed by atoms with E-state index >= 15 is 0 Å². The van der Waals surface area contributed by atoms with Crippen LogP contribution >= 0.6 is 11.8 Å². The van der Waals surface area contributed by atoms with E-state index in [9.17, 15) is 0 Å². The van der Waals surface area contributed by atoms with E-state index in [1.54, 1.807) is 0 Å². The Morgan fingerprint density at radius 1 is 1.27 bits per heavy atom. The van der Waals surface area contributed by atoms with Crippen LogP contribution in [0.25, 0.3) is 0 Å². The Hall–Kier alpha value is -0.470. The van der Waals surface area contributed by atoms with Gasteiger partial charge in [-0.3, -0.25) is 0 Å². The van der Waals surface area contributed by atoms with Gasteiger partial charge in [0.1, 0.15) is 0 Å². The summed E-state index contributed by atoms with van der Waals surface area (Å²) in [6.45, 7) is 2.20. The molecule has 1 aliphatic rings. The van der Waals surface area contributed by atoms with E-state index in [4.69, 9.17) is 0 Å². The third kappa shape index (κ3) is 2.56. The summed E-state index contributed by atoms with van der Waals surface area (Å²) >= 11 is 2.05. The second-order valence-corrected chi connectivity index (χ2v) is 5.53. The topological polar surface area (TPSA) is 12.0 Å². The van der Waals surface area contributed by atoms with Crippen LogP contribution in [0, 0.1) is 6.92 Å². The minimum Gasteiger partial charge on any atom is -0.316 e. The summed E-state index contributed by atoms with van der Waals surface area (Å²) in [5.74, 6) is 0. The first kappa shape index (κ1) is 11.0. The van der Waals surface area contributed by atoms with Gasteiger partial charge in [0.05, 0.1) is 0 Å². The quantitative estimate of drug-likeness (QED) is 0.841. The zero-order valence-corrected chi connectivity index (χ0v) is 10.3. The molecule has 0 radical (unpaired) electrons. The lowest BCUT2D eigenvalue weighted by Gasteiger charge is -2.19. The highest BCUT2D eigenvalue weighted by atomic mass is 32.2. The summed E-state index contributed by atoms with van der Waals surface area (Å²) in [5.41, 5.74) is 1.41. The van der Waals surface area contributed by atoms with Crippen LogP contribution in [0.5, 0.6) is 0 Å². The maximum atomic E-state index is 3.43. The molecule has 82 valence electrons. The predicted molar refractivity (Wildman–Crippen MR) is 67.5 cm³/mol. The third-order valence-electron chi connectivity index (χ3n) is 3.20. The zero-order chi connectivity index (χ0) is 10.7. The Morgan fingerprint density at radius 3 is 2.80 bits per heavy atom. The van der Waals surface area contributed by atoms with E-state index in [0.717, 1.165) is 5.25 Å². The maximum Gasteiger partial charge on any atom is 0.0248 e. The van der Waals surface area contributed by atoms with Crippen molar-refractivity contribution in [2.24, 2.45) is 0 Å². The van der Waals surface area contributed by atoms with Gasteiger partial charge < -0.3 is 5.32 Å². The number of aryl methyl sites for hydroxylation is 1. The molecule has 2 heteroatoms. The van der Waals surface area contributed by atoms with Crippen molar-refractivity contribution < 1.29 is 0 Å². The highest BCUT2D eigenvalue weighted by Crippen LogP contribution is 2.36. The van der Waals surface area contributed by atoms with Gasteiger partial charge >= 0.3 is 0 Å². The number of hydrogen-bond donors (Lipinski definition) is 1. The Labute approximate surface area is 96.7 Å². The largest absolute Gasteiger partial charge is 0.316 e. The molecule has 0 bridgehead atoms. The molecule has 1 saturated carbocycles. The van der Waals surface area contributed by atoms with Crippen LogP contribution in [-0.2, 0) is 0 Å². The van der Waals surface area contributed by atoms with Crippen LogP contribution in [0.3, 0.4) is 0 Å². The first-order valence-corrected chi connectivity index (χ1v) is 6.59. The lowest BCUT2D eigenvalue weighted by atomic mass is 10.2. The second kappa shape index (κ2) is 5.04. The van der Waals surface area contributed by atoms with Gasteiger partial charge in [-0.2, -0.15) is 0 Å². The molecule has 15 heavy (non-hydrogen) atoms. The van der Waals surface area contributed by atoms with Crippen LogP contribution in [0.4, 0.5) is 0 Å². The van der Waals surface area contributed by atoms with Gasteiger partial charge in [0.25, 0.3) is 0 Å². The molecule has 2 unspecified atom stereocenters. The van der Waals surface area contributed by atoms with E-state index in [-0.39, 0.29) is 0 Å². The van der Waals surface area contributed by atoms with E-state index in [2.05, 4.69) is 43.6 Å². The average molecular weight is 221 g/mol. The average Bonchev–Trinajstić information content (AvgIpc) is 2.69. The summed E-state index contributed by atoms with van der Waals surface area (Å²) in [7, 11) is 2.08. The fourth-order valence-electron chi connectivity index (χ4n) is 2.25. The van der Waals surface area contributed by atoms with Crippen molar-refractivity contribution in [3.63, 3.8) is 0 Å². The highest BCUT2D eigenvalue weighted by molar-refractivity contribution is 8.00. The van der Waals surface area contributed by atoms with E-state index in [1.165, 1.54) is 29.7 Å². The van der Waals surface area contributed by atoms with Crippen molar-refractivity contribution >= 4 is 11.8 Å². The molecular weight excluding hydrogens is 202 g/mol. The van der Waals surface area contributed by atoms with E-state index in [1.807, 2.05) is 11.8 Å². The molecule has 2 rings (SSSR count). The molecular formula is C13H19NS. The van der Waals surface area contributed by atoms with Crippen LogP contribution in [-0.4, -0.2) is 18.3 Å². The molecule has 0 aliphatic heterocycles. The second-order valence-electron chi connectivity index (χ2n) is 4.25. The van der Waals surface area contributed by atoms with E-state index in [0.29, 0.717) is 6.04 Å². The summed E-state index contributed by atoms with van der Waals surface area (Å²) in [4.78, 5) is 1.45. The summed E-state index contributed by atoms with van der Waals surface area (Å²) in [6.07, 6.45) is 4.06. The molecule has 1 aromatic carbocycles. The summed E-state index contributed by atoms with van der Waals surface area (Å²) < 4.78 is 0. The van der Waals surface area contributed by atoms with Crippen molar-refractivity contribution in [3.8, 4) is 0 Å². The lowest BCUT2D eigenvalue weighted by molar-refractivity contribution is 0.591. The van der Waals surface area contributed by atoms with Crippen LogP contribution in [0.2, 0.25) is 0 Å². The SMILES string of the molecule is CNC1CCCC1Sc1ccccc1C. The summed E-state index contributed by atoms with van der Waals surface area (Å²) in [6, 6.07) is 9.40. The first-order valence-electron chi connectivity index (χ1n) is 5.71. The maximum absolute atomic E-state index is 3.43. The predicted octanol–water partition coefficient (Wildman–Crippen LogP) is 3.23. The molecule has 0 amide bonds. The number of hydrogen-bond acceptors (Lipinski definition) is 2. The molecule has 0 aromatic heterocycles. The fraction of sp³-hybridized carbons (Fsp3) is 0.538. The van der Waals surface area contributed by atoms with Crippen LogP contribution < -0.4 is 5.32 Å². The molecule has 0 heterocycles. The van der Waals surface area contributed by atoms with Gasteiger partial charge in [0.2, 0.25) is 0 Å². The summed E-state index contributed by atoms with van der Waals surface area (Å²) in [5, 5.41) is 4.19. The molecule has 1 nitrogen and oxygen atoms in total. The van der Waals surface area contributed by atoms with Gasteiger partial charge in [-0.25, -0.2) is 0 Å². The molecule has 1 aliphatic carbocycles. The van der Waals surface area contributed by atoms with Gasteiger partial charge in [-0.15, -0.1) is 11.8 Å². The fourth-order valence-corrected chi connectivity index (χ4v) is 3.71. The van der Waals surface area contributed by atoms with E-state index < -0.39 is 0 Å². The van der Waals surface area contributed by atoms with Crippen molar-refractivity contribution in [1.82, 2.24) is 5.32 Å². The Bertz CT molecular complexity index is 324. The normalized spacial score (nSPS) is 25.7. The third-order valence-corrected chi connectivity index (χ3v) is 4.77. The van der Waals surface area contributed by atoms with Crippen molar-refractivity contribution in [1.29, 1.82) is 0 Å². The Morgan fingerprint density at radius 2 is 2.07 bits per heavy atom. The van der Waals surface area contributed by atoms with Gasteiger partial charge in [0, 0.05) is 16.2 Å². The van der Waals surface area contributed by atoms with Crippen LogP contribution in [0.15, 0.2) is 29.2 Å². The lowest BCUT2D eigenvalue weighted by Crippen LogP contribution is -2.30. The van der Waals surface area contributed by atoms with Gasteiger partial charge in [-0.05, 0) is 38.4 Å². The van der Waals surface area contributed by atoms with Crippen molar-refractivity contribution in [3.05, 3.63) is 29.8 Å². The van der Waals surface area contributed by atoms with Crippen LogP contribution in [0.1, 0.15) is 24.8 Å². The van der Waals surface area contributed by atoms with Gasteiger partial charge in [-0.1, -0.05) is 24.6 Å². The monoisotopic (exact) mass is 221 g/mol. The minimum absolute atomic E-state index is 0.703. The Kier molecular flexibility index (Phi) is 3.71. The molecule has 2 atom stereocenters. The highest BCUT2D eigenvalue weighted by Gasteiger charge is 2.26. The molecule has 1 N–H and O–H groups in total. The molecule has 1 aromatic rings. The van der Waals surface area contributed by atoms with Crippen molar-refractivity contribution in [2.75, 3.05) is 7.05 Å². The van der Waals surface area contributed by atoms with Gasteiger partial charge in [0.15, 0.2) is 0 Å². The number of rotatable bonds is 3. The Balaban J connectivity index is 2.05. The molecule has 0 saturated heterocycles. The first-order chi connectivity index (χ1) is 7.31. The van der Waals surface area contributed by atoms with Crippen molar-refractivity contribution in [2.45, 2.75) is 42.4 Å². The molecule has 1 fully saturated rings. The molecule has 0 spiro atoms. The standard InChI is InChI=1S/C13H19NS/c1-10-6-3-4-8-12(10)15-13-9-5-7-11(13)14-2/h3-4,6,8,11,13-14H,5,7,9H2,1-2H3. The smallest absolute Gasteiger partial charge is 0.0248 e. The number of benzene rings is 1.